The summed E-state index contributed by atoms with van der Waals surface area (Å²) >= 11 is 1.55. The topological polar surface area (TPSA) is 88.2 Å². The highest BCUT2D eigenvalue weighted by molar-refractivity contribution is 7.17. The zero-order valence-electron chi connectivity index (χ0n) is 26.5. The van der Waals surface area contributed by atoms with E-state index in [9.17, 15) is 14.4 Å². The fourth-order valence-corrected chi connectivity index (χ4v) is 6.83. The van der Waals surface area contributed by atoms with Crippen molar-refractivity contribution in [1.29, 1.82) is 0 Å². The van der Waals surface area contributed by atoms with Gasteiger partial charge in [0.05, 0.1) is 10.9 Å². The Morgan fingerprint density at radius 1 is 0.929 bits per heavy atom. The average molecular weight is 598 g/mol. The van der Waals surface area contributed by atoms with E-state index in [1.807, 2.05) is 58.3 Å². The Balaban J connectivity index is 1.41. The molecule has 2 aliphatic heterocycles. The predicted octanol–water partition coefficient (Wildman–Crippen LogP) is 7.14. The number of benzene rings is 1. The van der Waals surface area contributed by atoms with Crippen molar-refractivity contribution < 1.29 is 23.9 Å². The molecule has 2 aliphatic rings. The lowest BCUT2D eigenvalue weighted by molar-refractivity contribution is 0.0204. The van der Waals surface area contributed by atoms with Gasteiger partial charge in [-0.2, -0.15) is 0 Å². The van der Waals surface area contributed by atoms with E-state index in [4.69, 9.17) is 9.47 Å². The van der Waals surface area contributed by atoms with E-state index < -0.39 is 17.3 Å². The summed E-state index contributed by atoms with van der Waals surface area (Å²) in [5.41, 5.74) is 3.68. The maximum absolute atomic E-state index is 13.5. The van der Waals surface area contributed by atoms with Gasteiger partial charge in [0.2, 0.25) is 0 Å². The zero-order chi connectivity index (χ0) is 30.8. The summed E-state index contributed by atoms with van der Waals surface area (Å²) in [4.78, 5) is 43.7. The maximum Gasteiger partial charge on any atom is 0.410 e. The number of nitrogens with zero attached hydrogens (tertiary/aromatic N) is 2. The zero-order valence-corrected chi connectivity index (χ0v) is 27.3. The molecule has 1 aromatic heterocycles. The predicted molar refractivity (Wildman–Crippen MR) is 167 cm³/mol. The second kappa shape index (κ2) is 12.7. The van der Waals surface area contributed by atoms with E-state index in [0.717, 1.165) is 34.6 Å². The van der Waals surface area contributed by atoms with Crippen molar-refractivity contribution in [2.45, 2.75) is 104 Å². The molecular formula is C33H47N3O5S. The number of piperidine rings is 1. The summed E-state index contributed by atoms with van der Waals surface area (Å²) in [7, 11) is 0. The monoisotopic (exact) mass is 597 g/mol. The van der Waals surface area contributed by atoms with Gasteiger partial charge in [0.1, 0.15) is 11.2 Å². The average Bonchev–Trinajstić information content (AvgIpc) is 3.52. The van der Waals surface area contributed by atoms with E-state index in [1.165, 1.54) is 16.7 Å². The van der Waals surface area contributed by atoms with Crippen LogP contribution in [0.1, 0.15) is 100 Å². The molecule has 1 aromatic carbocycles. The Labute approximate surface area is 254 Å². The van der Waals surface area contributed by atoms with Crippen LogP contribution in [0.4, 0.5) is 9.59 Å². The van der Waals surface area contributed by atoms with Gasteiger partial charge in [-0.3, -0.25) is 4.79 Å². The lowest BCUT2D eigenvalue weighted by Crippen LogP contribution is -2.41. The quantitative estimate of drug-likeness (QED) is 0.396. The third-order valence-electron chi connectivity index (χ3n) is 7.70. The molecule has 8 nitrogen and oxygen atoms in total. The van der Waals surface area contributed by atoms with Crippen molar-refractivity contribution in [3.63, 3.8) is 0 Å². The molecule has 1 N–H and O–H groups in total. The van der Waals surface area contributed by atoms with E-state index in [0.29, 0.717) is 38.5 Å². The van der Waals surface area contributed by atoms with E-state index in [2.05, 4.69) is 36.5 Å². The maximum atomic E-state index is 13.5. The molecule has 2 saturated heterocycles. The van der Waals surface area contributed by atoms with Crippen molar-refractivity contribution in [3.8, 4) is 10.4 Å². The Morgan fingerprint density at radius 3 is 2.19 bits per heavy atom. The molecular weight excluding hydrogens is 550 g/mol. The molecule has 230 valence electrons. The second-order valence-corrected chi connectivity index (χ2v) is 14.6. The van der Waals surface area contributed by atoms with Crippen LogP contribution < -0.4 is 5.32 Å². The van der Waals surface area contributed by atoms with Crippen LogP contribution in [0, 0.1) is 6.92 Å². The van der Waals surface area contributed by atoms with E-state index in [1.54, 1.807) is 11.3 Å². The normalized spacial score (nSPS) is 18.2. The first kappa shape index (κ1) is 31.9. The van der Waals surface area contributed by atoms with E-state index >= 15 is 0 Å². The summed E-state index contributed by atoms with van der Waals surface area (Å²) < 4.78 is 10.9. The number of likely N-dealkylation sites (tertiary alicyclic amines) is 2. The van der Waals surface area contributed by atoms with Gasteiger partial charge in [-0.1, -0.05) is 25.1 Å². The summed E-state index contributed by atoms with van der Waals surface area (Å²) in [6.07, 6.45) is 2.76. The molecule has 9 heteroatoms. The molecule has 0 aliphatic carbocycles. The first-order valence-electron chi connectivity index (χ1n) is 15.1. The molecule has 0 bridgehead atoms. The Morgan fingerprint density at radius 2 is 1.57 bits per heavy atom. The van der Waals surface area contributed by atoms with Crippen molar-refractivity contribution in [1.82, 2.24) is 15.1 Å². The number of aryl methyl sites for hydroxylation is 2. The first-order valence-corrected chi connectivity index (χ1v) is 16.0. The number of ether oxygens (including phenoxy) is 2. The molecule has 0 saturated carbocycles. The largest absolute Gasteiger partial charge is 0.444 e. The fourth-order valence-electron chi connectivity index (χ4n) is 5.63. The number of rotatable bonds is 5. The molecule has 4 rings (SSSR count). The van der Waals surface area contributed by atoms with Gasteiger partial charge in [0.25, 0.3) is 5.91 Å². The second-order valence-electron chi connectivity index (χ2n) is 13.5. The molecule has 1 atom stereocenters. The molecule has 42 heavy (non-hydrogen) atoms. The number of alkyl carbamates (subject to hydrolysis) is 1. The summed E-state index contributed by atoms with van der Waals surface area (Å²) in [6.45, 7) is 17.8. The van der Waals surface area contributed by atoms with Gasteiger partial charge in [0.15, 0.2) is 0 Å². The number of carbonyl (C=O) groups is 3. The van der Waals surface area contributed by atoms with Gasteiger partial charge < -0.3 is 24.6 Å². The highest BCUT2D eigenvalue weighted by Gasteiger charge is 2.31. The number of hydrogen-bond acceptors (Lipinski definition) is 6. The van der Waals surface area contributed by atoms with Crippen LogP contribution in [0.25, 0.3) is 10.4 Å². The first-order chi connectivity index (χ1) is 19.6. The minimum Gasteiger partial charge on any atom is -0.444 e. The Hall–Kier alpha value is -3.07. The van der Waals surface area contributed by atoms with Crippen LogP contribution in [0.3, 0.4) is 0 Å². The van der Waals surface area contributed by atoms with Crippen LogP contribution in [0.5, 0.6) is 0 Å². The SMILES string of the molecule is CCc1cc(C2CCN(C(=O)OC(C)(C)C)CC2)ccc1-c1cc(C)c(C(=O)N2CC[C@H](NC(=O)OC(C)(C)C)C2)s1. The van der Waals surface area contributed by atoms with Crippen LogP contribution in [-0.4, -0.2) is 71.3 Å². The smallest absolute Gasteiger partial charge is 0.410 e. The van der Waals surface area contributed by atoms with Gasteiger partial charge in [-0.25, -0.2) is 9.59 Å². The number of carbonyl (C=O) groups excluding carboxylic acids is 3. The van der Waals surface area contributed by atoms with Gasteiger partial charge in [0, 0.05) is 31.1 Å². The fraction of sp³-hybridized carbons (Fsp3) is 0.606. The summed E-state index contributed by atoms with van der Waals surface area (Å²) in [6, 6.07) is 8.74. The van der Waals surface area contributed by atoms with Gasteiger partial charge in [-0.15, -0.1) is 11.3 Å². The number of hydrogen-bond donors (Lipinski definition) is 1. The molecule has 0 unspecified atom stereocenters. The molecule has 3 heterocycles. The minimum absolute atomic E-state index is 0.0173. The molecule has 2 aromatic rings. The molecule has 0 spiro atoms. The number of amides is 3. The standard InChI is InChI=1S/C33H47N3O5S/c1-9-22-19-24(23-12-15-35(16-13-23)31(39)41-33(6,7)8)10-11-26(22)27-18-21(2)28(42-27)29(37)36-17-14-25(20-36)34-30(38)40-32(3,4)5/h10-11,18-19,23,25H,9,12-17,20H2,1-8H3,(H,34,38)/t25-/m0/s1. The third-order valence-corrected chi connectivity index (χ3v) is 8.96. The van der Waals surface area contributed by atoms with Crippen molar-refractivity contribution in [2.75, 3.05) is 26.2 Å². The van der Waals surface area contributed by atoms with Crippen LogP contribution in [0.2, 0.25) is 0 Å². The molecule has 0 radical (unpaired) electrons. The highest BCUT2D eigenvalue weighted by atomic mass is 32.1. The summed E-state index contributed by atoms with van der Waals surface area (Å²) in [5, 5.41) is 2.90. The van der Waals surface area contributed by atoms with Gasteiger partial charge >= 0.3 is 12.2 Å². The van der Waals surface area contributed by atoms with Crippen LogP contribution >= 0.6 is 11.3 Å². The van der Waals surface area contributed by atoms with Crippen LogP contribution in [-0.2, 0) is 15.9 Å². The summed E-state index contributed by atoms with van der Waals surface area (Å²) in [5.74, 6) is 0.423. The lowest BCUT2D eigenvalue weighted by atomic mass is 9.87. The Kier molecular flexibility index (Phi) is 9.60. The van der Waals surface area contributed by atoms with Crippen molar-refractivity contribution >= 4 is 29.4 Å². The van der Waals surface area contributed by atoms with Crippen LogP contribution in [0.15, 0.2) is 24.3 Å². The highest BCUT2D eigenvalue weighted by Crippen LogP contribution is 2.37. The van der Waals surface area contributed by atoms with Crippen molar-refractivity contribution in [2.24, 2.45) is 0 Å². The van der Waals surface area contributed by atoms with Crippen molar-refractivity contribution in [3.05, 3.63) is 45.8 Å². The third kappa shape index (κ3) is 8.06. The van der Waals surface area contributed by atoms with E-state index in [-0.39, 0.29) is 18.0 Å². The Bertz CT molecular complexity index is 1300. The van der Waals surface area contributed by atoms with Gasteiger partial charge in [-0.05, 0) is 108 Å². The number of nitrogens with one attached hydrogen (secondary N) is 1. The lowest BCUT2D eigenvalue weighted by Gasteiger charge is -2.33. The minimum atomic E-state index is -0.558. The molecule has 2 fully saturated rings. The molecule has 3 amide bonds. The number of thiophene rings is 1.